The summed E-state index contributed by atoms with van der Waals surface area (Å²) in [6, 6.07) is 16.2. The van der Waals surface area contributed by atoms with E-state index >= 15 is 0 Å². The molecule has 1 amide bonds. The van der Waals surface area contributed by atoms with Gasteiger partial charge in [0.05, 0.1) is 17.9 Å². The van der Waals surface area contributed by atoms with Crippen molar-refractivity contribution in [2.45, 2.75) is 18.4 Å². The lowest BCUT2D eigenvalue weighted by atomic mass is 9.86. The van der Waals surface area contributed by atoms with Crippen LogP contribution in [0.25, 0.3) is 10.8 Å². The maximum absolute atomic E-state index is 12.4. The van der Waals surface area contributed by atoms with Crippen molar-refractivity contribution in [2.75, 3.05) is 13.1 Å². The molecule has 4 nitrogen and oxygen atoms in total. The van der Waals surface area contributed by atoms with Gasteiger partial charge in [-0.15, -0.1) is 0 Å². The van der Waals surface area contributed by atoms with Gasteiger partial charge in [-0.2, -0.15) is 0 Å². The molecule has 122 valence electrons. The summed E-state index contributed by atoms with van der Waals surface area (Å²) in [6.07, 6.45) is 3.13. The second kappa shape index (κ2) is 6.13. The Morgan fingerprint density at radius 2 is 1.96 bits per heavy atom. The first-order valence-corrected chi connectivity index (χ1v) is 8.20. The van der Waals surface area contributed by atoms with Gasteiger partial charge in [0.2, 0.25) is 0 Å². The van der Waals surface area contributed by atoms with Crippen molar-refractivity contribution < 1.29 is 14.3 Å². The molecule has 4 heteroatoms. The number of likely N-dealkylation sites (tertiary alicyclic amines) is 1. The Bertz CT molecular complexity index is 856. The van der Waals surface area contributed by atoms with E-state index in [1.54, 1.807) is 11.0 Å². The van der Waals surface area contributed by atoms with Crippen molar-refractivity contribution in [1.82, 2.24) is 4.90 Å². The molecule has 2 aromatic carbocycles. The number of amides is 1. The zero-order valence-electron chi connectivity index (χ0n) is 13.3. The van der Waals surface area contributed by atoms with Crippen molar-refractivity contribution >= 4 is 16.7 Å². The van der Waals surface area contributed by atoms with E-state index in [4.69, 9.17) is 4.42 Å². The predicted octanol–water partition coefficient (Wildman–Crippen LogP) is 3.42. The Morgan fingerprint density at radius 1 is 1.12 bits per heavy atom. The number of hydrogen-bond acceptors (Lipinski definition) is 3. The molecule has 24 heavy (non-hydrogen) atoms. The molecule has 0 aliphatic carbocycles. The van der Waals surface area contributed by atoms with E-state index in [0.717, 1.165) is 12.0 Å². The third kappa shape index (κ3) is 2.69. The fraction of sp³-hybridized carbons (Fsp3) is 0.250. The summed E-state index contributed by atoms with van der Waals surface area (Å²) in [6.45, 7) is 0.986. The van der Waals surface area contributed by atoms with Crippen LogP contribution < -0.4 is 0 Å². The quantitative estimate of drug-likeness (QED) is 0.787. The summed E-state index contributed by atoms with van der Waals surface area (Å²) in [5, 5.41) is 13.0. The molecule has 1 N–H and O–H groups in total. The highest BCUT2D eigenvalue weighted by Gasteiger charge is 2.31. The molecule has 4 rings (SSSR count). The maximum Gasteiger partial charge on any atom is 0.257 e. The second-order valence-corrected chi connectivity index (χ2v) is 6.33. The van der Waals surface area contributed by atoms with Crippen LogP contribution in [-0.2, 0) is 0 Å². The third-order valence-electron chi connectivity index (χ3n) is 4.84. The monoisotopic (exact) mass is 321 g/mol. The molecule has 0 unspecified atom stereocenters. The standard InChI is InChI=1S/C20H19NO3/c22-19-12-21(20(23)17-8-10-24-13-17)9-7-18(19)16-6-5-14-3-1-2-4-15(14)11-16/h1-6,8,10-11,13,18-19,22H,7,9,12H2/t18-,19+/m0/s1. The van der Waals surface area contributed by atoms with Crippen LogP contribution in [0.3, 0.4) is 0 Å². The first kappa shape index (κ1) is 15.0. The average molecular weight is 321 g/mol. The first-order valence-electron chi connectivity index (χ1n) is 8.20. The molecule has 0 radical (unpaired) electrons. The third-order valence-corrected chi connectivity index (χ3v) is 4.84. The van der Waals surface area contributed by atoms with Crippen LogP contribution >= 0.6 is 0 Å². The van der Waals surface area contributed by atoms with E-state index in [1.165, 1.54) is 23.3 Å². The average Bonchev–Trinajstić information content (AvgIpc) is 3.15. The van der Waals surface area contributed by atoms with E-state index in [0.29, 0.717) is 18.7 Å². The van der Waals surface area contributed by atoms with Gasteiger partial charge in [0.25, 0.3) is 5.91 Å². The van der Waals surface area contributed by atoms with Crippen molar-refractivity contribution in [3.05, 3.63) is 72.2 Å². The maximum atomic E-state index is 12.4. The first-order chi connectivity index (χ1) is 11.7. The second-order valence-electron chi connectivity index (χ2n) is 6.33. The molecule has 0 spiro atoms. The van der Waals surface area contributed by atoms with Gasteiger partial charge in [0.15, 0.2) is 0 Å². The summed E-state index contributed by atoms with van der Waals surface area (Å²) in [5.74, 6) is -0.0252. The van der Waals surface area contributed by atoms with Crippen LogP contribution in [0.2, 0.25) is 0 Å². The summed E-state index contributed by atoms with van der Waals surface area (Å²) >= 11 is 0. The van der Waals surface area contributed by atoms with Crippen molar-refractivity contribution in [3.8, 4) is 0 Å². The van der Waals surface area contributed by atoms with Crippen LogP contribution in [0.4, 0.5) is 0 Å². The summed E-state index contributed by atoms with van der Waals surface area (Å²) < 4.78 is 4.97. The number of fused-ring (bicyclic) bond motifs is 1. The summed E-state index contributed by atoms with van der Waals surface area (Å²) in [4.78, 5) is 14.1. The van der Waals surface area contributed by atoms with Gasteiger partial charge in [-0.1, -0.05) is 42.5 Å². The molecule has 2 atom stereocenters. The van der Waals surface area contributed by atoms with Crippen LogP contribution in [0.5, 0.6) is 0 Å². The minimum Gasteiger partial charge on any atom is -0.472 e. The number of carbonyl (C=O) groups is 1. The van der Waals surface area contributed by atoms with Gasteiger partial charge >= 0.3 is 0 Å². The molecule has 1 aromatic heterocycles. The molecule has 0 bridgehead atoms. The SMILES string of the molecule is O=C(c1ccoc1)N1CC[C@@H](c2ccc3ccccc3c2)[C@H](O)C1. The van der Waals surface area contributed by atoms with E-state index in [-0.39, 0.29) is 11.8 Å². The number of carbonyl (C=O) groups excluding carboxylic acids is 1. The number of aliphatic hydroxyl groups excluding tert-OH is 1. The van der Waals surface area contributed by atoms with Crippen LogP contribution in [0.15, 0.2) is 65.5 Å². The molecule has 1 aliphatic heterocycles. The number of benzene rings is 2. The van der Waals surface area contributed by atoms with Gasteiger partial charge < -0.3 is 14.4 Å². The summed E-state index contributed by atoms with van der Waals surface area (Å²) in [5.41, 5.74) is 1.67. The van der Waals surface area contributed by atoms with Gasteiger partial charge in [0, 0.05) is 19.0 Å². The fourth-order valence-corrected chi connectivity index (χ4v) is 3.51. The zero-order valence-corrected chi connectivity index (χ0v) is 13.3. The Morgan fingerprint density at radius 3 is 2.71 bits per heavy atom. The minimum atomic E-state index is -0.559. The van der Waals surface area contributed by atoms with Crippen LogP contribution in [0, 0.1) is 0 Å². The number of rotatable bonds is 2. The van der Waals surface area contributed by atoms with Gasteiger partial charge in [-0.25, -0.2) is 0 Å². The van der Waals surface area contributed by atoms with E-state index < -0.39 is 6.10 Å². The number of nitrogens with zero attached hydrogens (tertiary/aromatic N) is 1. The number of hydrogen-bond donors (Lipinski definition) is 1. The largest absolute Gasteiger partial charge is 0.472 e. The number of furan rings is 1. The lowest BCUT2D eigenvalue weighted by molar-refractivity contribution is 0.0381. The highest BCUT2D eigenvalue weighted by molar-refractivity contribution is 5.94. The minimum absolute atomic E-state index is 0.0583. The molecule has 0 saturated carbocycles. The molecule has 1 aliphatic rings. The van der Waals surface area contributed by atoms with Crippen molar-refractivity contribution in [1.29, 1.82) is 0 Å². The molecule has 2 heterocycles. The predicted molar refractivity (Wildman–Crippen MR) is 91.9 cm³/mol. The van der Waals surface area contributed by atoms with Crippen LogP contribution in [0.1, 0.15) is 28.3 Å². The van der Waals surface area contributed by atoms with E-state index in [1.807, 2.05) is 12.1 Å². The number of piperidine rings is 1. The highest BCUT2D eigenvalue weighted by atomic mass is 16.3. The van der Waals surface area contributed by atoms with Gasteiger partial charge in [-0.3, -0.25) is 4.79 Å². The normalized spacial score (nSPS) is 21.1. The Labute approximate surface area is 140 Å². The topological polar surface area (TPSA) is 53.7 Å². The highest BCUT2D eigenvalue weighted by Crippen LogP contribution is 2.31. The lowest BCUT2D eigenvalue weighted by Gasteiger charge is -2.36. The van der Waals surface area contributed by atoms with E-state index in [9.17, 15) is 9.90 Å². The molecular weight excluding hydrogens is 302 g/mol. The Kier molecular flexibility index (Phi) is 3.82. The molecule has 3 aromatic rings. The molecular formula is C20H19NO3. The van der Waals surface area contributed by atoms with Gasteiger partial charge in [-0.05, 0) is 28.8 Å². The number of aliphatic hydroxyl groups is 1. The fourth-order valence-electron chi connectivity index (χ4n) is 3.51. The molecule has 1 saturated heterocycles. The number of β-amino-alcohol motifs (C(OH)–C–C–N with tert-alkyl or cyclic N) is 1. The van der Waals surface area contributed by atoms with Crippen LogP contribution in [-0.4, -0.2) is 35.1 Å². The zero-order chi connectivity index (χ0) is 16.5. The summed E-state index contributed by atoms with van der Waals surface area (Å²) in [7, 11) is 0. The Balaban J connectivity index is 1.53. The van der Waals surface area contributed by atoms with Gasteiger partial charge in [0.1, 0.15) is 6.26 Å². The molecule has 1 fully saturated rings. The Hall–Kier alpha value is -2.59. The lowest BCUT2D eigenvalue weighted by Crippen LogP contribution is -2.45. The van der Waals surface area contributed by atoms with E-state index in [2.05, 4.69) is 30.3 Å². The smallest absolute Gasteiger partial charge is 0.257 e. The van der Waals surface area contributed by atoms with Crippen molar-refractivity contribution in [2.24, 2.45) is 0 Å². The van der Waals surface area contributed by atoms with Crippen molar-refractivity contribution in [3.63, 3.8) is 0 Å².